The van der Waals surface area contributed by atoms with Crippen molar-refractivity contribution in [2.45, 2.75) is 0 Å². The molecule has 8 heteroatoms. The van der Waals surface area contributed by atoms with E-state index in [1.165, 1.54) is 11.3 Å². The van der Waals surface area contributed by atoms with Gasteiger partial charge in [-0.25, -0.2) is 4.98 Å². The largest absolute Gasteiger partial charge is 0.497 e. The predicted molar refractivity (Wildman–Crippen MR) is 139 cm³/mol. The first kappa shape index (κ1) is 23.2. The van der Waals surface area contributed by atoms with Gasteiger partial charge in [0, 0.05) is 16.5 Å². The van der Waals surface area contributed by atoms with Crippen molar-refractivity contribution in [1.29, 1.82) is 5.41 Å². The van der Waals surface area contributed by atoms with Gasteiger partial charge in [0.2, 0.25) is 0 Å². The molecule has 0 amide bonds. The lowest BCUT2D eigenvalue weighted by Gasteiger charge is -2.11. The van der Waals surface area contributed by atoms with Gasteiger partial charge in [-0.1, -0.05) is 48.5 Å². The molecule has 4 aromatic rings. The summed E-state index contributed by atoms with van der Waals surface area (Å²) in [6, 6.07) is 26.9. The minimum Gasteiger partial charge on any atom is -0.497 e. The van der Waals surface area contributed by atoms with Gasteiger partial charge >= 0.3 is 0 Å². The Hall–Kier alpha value is -4.01. The summed E-state index contributed by atoms with van der Waals surface area (Å²) < 4.78 is 11.0. The SMILES string of the molecule is COc1ccc(-c2csc(NCOC/C(=N/Nc3ccccc3)C(=N)c3ccccc3)n2)cc1. The summed E-state index contributed by atoms with van der Waals surface area (Å²) in [5.41, 5.74) is 7.33. The lowest BCUT2D eigenvalue weighted by molar-refractivity contribution is 0.193. The number of anilines is 2. The van der Waals surface area contributed by atoms with Gasteiger partial charge in [0.05, 0.1) is 30.8 Å². The smallest absolute Gasteiger partial charge is 0.185 e. The molecule has 0 spiro atoms. The zero-order chi connectivity index (χ0) is 23.6. The number of para-hydroxylation sites is 1. The highest BCUT2D eigenvalue weighted by Crippen LogP contribution is 2.26. The van der Waals surface area contributed by atoms with Crippen molar-refractivity contribution in [2.75, 3.05) is 31.2 Å². The molecule has 0 aliphatic rings. The summed E-state index contributed by atoms with van der Waals surface area (Å²) in [7, 11) is 1.65. The molecular weight excluding hydrogens is 446 g/mol. The number of aromatic nitrogens is 1. The molecular formula is C26H25N5O2S. The minimum atomic E-state index is 0.164. The maximum Gasteiger partial charge on any atom is 0.185 e. The predicted octanol–water partition coefficient (Wildman–Crippen LogP) is 5.74. The second-order valence-electron chi connectivity index (χ2n) is 7.21. The van der Waals surface area contributed by atoms with Crippen LogP contribution >= 0.6 is 11.3 Å². The van der Waals surface area contributed by atoms with Crippen molar-refractivity contribution in [1.82, 2.24) is 4.98 Å². The Bertz CT molecular complexity index is 1230. The Kier molecular flexibility index (Phi) is 7.99. The van der Waals surface area contributed by atoms with Crippen molar-refractivity contribution < 1.29 is 9.47 Å². The molecule has 0 saturated carbocycles. The van der Waals surface area contributed by atoms with Crippen LogP contribution in [0.3, 0.4) is 0 Å². The lowest BCUT2D eigenvalue weighted by atomic mass is 10.1. The fourth-order valence-corrected chi connectivity index (χ4v) is 3.79. The van der Waals surface area contributed by atoms with E-state index in [1.807, 2.05) is 90.3 Å². The van der Waals surface area contributed by atoms with Gasteiger partial charge in [-0.05, 0) is 36.4 Å². The average Bonchev–Trinajstić information content (AvgIpc) is 3.38. The fraction of sp³-hybridized carbons (Fsp3) is 0.115. The van der Waals surface area contributed by atoms with Crippen molar-refractivity contribution in [3.05, 3.63) is 95.9 Å². The maximum atomic E-state index is 8.59. The molecule has 1 aromatic heterocycles. The van der Waals surface area contributed by atoms with Crippen LogP contribution in [0.1, 0.15) is 5.56 Å². The first-order chi connectivity index (χ1) is 16.7. The van der Waals surface area contributed by atoms with Crippen LogP contribution in [0.25, 0.3) is 11.3 Å². The number of rotatable bonds is 11. The van der Waals surface area contributed by atoms with E-state index >= 15 is 0 Å². The Morgan fingerprint density at radius 1 is 0.971 bits per heavy atom. The summed E-state index contributed by atoms with van der Waals surface area (Å²) >= 11 is 1.51. The molecule has 7 nitrogen and oxygen atoms in total. The van der Waals surface area contributed by atoms with Gasteiger partial charge in [-0.15, -0.1) is 11.3 Å². The van der Waals surface area contributed by atoms with E-state index in [2.05, 4.69) is 20.8 Å². The van der Waals surface area contributed by atoms with Crippen LogP contribution in [0.2, 0.25) is 0 Å². The van der Waals surface area contributed by atoms with Gasteiger partial charge in [0.15, 0.2) is 5.13 Å². The molecule has 0 aliphatic heterocycles. The molecule has 0 bridgehead atoms. The van der Waals surface area contributed by atoms with Gasteiger partial charge in [0.1, 0.15) is 18.2 Å². The van der Waals surface area contributed by atoms with Crippen LogP contribution in [0, 0.1) is 5.41 Å². The van der Waals surface area contributed by atoms with Crippen LogP contribution < -0.4 is 15.5 Å². The van der Waals surface area contributed by atoms with Crippen molar-refractivity contribution in [2.24, 2.45) is 5.10 Å². The molecule has 0 unspecified atom stereocenters. The van der Waals surface area contributed by atoms with E-state index in [4.69, 9.17) is 14.9 Å². The molecule has 0 radical (unpaired) electrons. The second-order valence-corrected chi connectivity index (χ2v) is 8.07. The van der Waals surface area contributed by atoms with Crippen molar-refractivity contribution >= 4 is 33.6 Å². The van der Waals surface area contributed by atoms with E-state index in [9.17, 15) is 0 Å². The molecule has 0 aliphatic carbocycles. The topological polar surface area (TPSA) is 91.6 Å². The minimum absolute atomic E-state index is 0.164. The van der Waals surface area contributed by atoms with E-state index in [1.54, 1.807) is 7.11 Å². The second kappa shape index (κ2) is 11.7. The number of nitrogens with zero attached hydrogens (tertiary/aromatic N) is 2. The first-order valence-corrected chi connectivity index (χ1v) is 11.5. The number of benzene rings is 3. The quantitative estimate of drug-likeness (QED) is 0.112. The molecule has 172 valence electrons. The van der Waals surface area contributed by atoms with Gasteiger partial charge < -0.3 is 14.8 Å². The summed E-state index contributed by atoms with van der Waals surface area (Å²) in [4.78, 5) is 4.61. The summed E-state index contributed by atoms with van der Waals surface area (Å²) in [5.74, 6) is 0.811. The Labute approximate surface area is 202 Å². The van der Waals surface area contributed by atoms with Gasteiger partial charge in [-0.2, -0.15) is 5.10 Å². The third-order valence-corrected chi connectivity index (χ3v) is 5.70. The van der Waals surface area contributed by atoms with Crippen LogP contribution in [0.15, 0.2) is 95.4 Å². The number of thiazole rings is 1. The highest BCUT2D eigenvalue weighted by Gasteiger charge is 2.11. The Morgan fingerprint density at radius 2 is 1.68 bits per heavy atom. The van der Waals surface area contributed by atoms with Crippen molar-refractivity contribution in [3.8, 4) is 17.0 Å². The molecule has 3 aromatic carbocycles. The Balaban J connectivity index is 1.36. The molecule has 0 atom stereocenters. The molecule has 1 heterocycles. The van der Waals surface area contributed by atoms with Crippen LogP contribution in [0.4, 0.5) is 10.8 Å². The lowest BCUT2D eigenvalue weighted by Crippen LogP contribution is -2.23. The van der Waals surface area contributed by atoms with Crippen LogP contribution in [0.5, 0.6) is 5.75 Å². The number of hydrogen-bond donors (Lipinski definition) is 3. The summed E-state index contributed by atoms with van der Waals surface area (Å²) in [6.45, 7) is 0.402. The first-order valence-electron chi connectivity index (χ1n) is 10.7. The summed E-state index contributed by atoms with van der Waals surface area (Å²) in [6.07, 6.45) is 0. The Morgan fingerprint density at radius 3 is 2.38 bits per heavy atom. The fourth-order valence-electron chi connectivity index (χ4n) is 3.09. The average molecular weight is 472 g/mol. The van der Waals surface area contributed by atoms with Crippen molar-refractivity contribution in [3.63, 3.8) is 0 Å². The number of hydrogen-bond acceptors (Lipinski definition) is 8. The number of methoxy groups -OCH3 is 1. The van der Waals surface area contributed by atoms with E-state index in [0.717, 1.165) is 33.4 Å². The standard InChI is InChI=1S/C26H25N5O2S/c1-32-22-14-12-19(13-15-22)24-17-34-26(29-24)28-18-33-16-23(25(27)20-8-4-2-5-9-20)31-30-21-10-6-3-7-11-21/h2-15,17,27,30H,16,18H2,1H3,(H,28,29)/b27-25?,31-23-. The maximum absolute atomic E-state index is 8.59. The van der Waals surface area contributed by atoms with E-state index in [-0.39, 0.29) is 13.3 Å². The highest BCUT2D eigenvalue weighted by molar-refractivity contribution is 7.14. The number of hydrazone groups is 1. The normalized spacial score (nSPS) is 11.1. The third-order valence-electron chi connectivity index (χ3n) is 4.90. The molecule has 0 fully saturated rings. The zero-order valence-corrected chi connectivity index (χ0v) is 19.5. The molecule has 34 heavy (non-hydrogen) atoms. The van der Waals surface area contributed by atoms with Gasteiger partial charge in [0.25, 0.3) is 0 Å². The van der Waals surface area contributed by atoms with Crippen LogP contribution in [-0.2, 0) is 4.74 Å². The van der Waals surface area contributed by atoms with Gasteiger partial charge in [-0.3, -0.25) is 10.8 Å². The monoisotopic (exact) mass is 471 g/mol. The molecule has 0 saturated heterocycles. The summed E-state index contributed by atoms with van der Waals surface area (Å²) in [5, 5.41) is 19.0. The number of ether oxygens (including phenoxy) is 2. The zero-order valence-electron chi connectivity index (χ0n) is 18.7. The van der Waals surface area contributed by atoms with E-state index in [0.29, 0.717) is 11.4 Å². The van der Waals surface area contributed by atoms with Crippen LogP contribution in [-0.4, -0.2) is 36.9 Å². The molecule has 3 N–H and O–H groups in total. The molecule has 4 rings (SSSR count). The number of nitrogens with one attached hydrogen (secondary N) is 3. The highest BCUT2D eigenvalue weighted by atomic mass is 32.1. The third kappa shape index (κ3) is 6.28. The van der Waals surface area contributed by atoms with E-state index < -0.39 is 0 Å².